The Hall–Kier alpha value is -3.39. The third-order valence-electron chi connectivity index (χ3n) is 5.68. The molecule has 28 heavy (non-hydrogen) atoms. The van der Waals surface area contributed by atoms with Crippen LogP contribution in [-0.2, 0) is 0 Å². The Bertz CT molecular complexity index is 1340. The van der Waals surface area contributed by atoms with Crippen LogP contribution in [0.2, 0.25) is 0 Å². The van der Waals surface area contributed by atoms with Crippen LogP contribution in [0.1, 0.15) is 17.0 Å². The number of para-hydroxylation sites is 2. The fourth-order valence-corrected chi connectivity index (χ4v) is 4.33. The largest absolute Gasteiger partial charge is 0.296 e. The Morgan fingerprint density at radius 1 is 0.714 bits per heavy atom. The number of hydrogen-bond donors (Lipinski definition) is 0. The highest BCUT2D eigenvalue weighted by Crippen LogP contribution is 2.36. The lowest BCUT2D eigenvalue weighted by Crippen LogP contribution is -2.01. The van der Waals surface area contributed by atoms with E-state index >= 15 is 0 Å². The predicted molar refractivity (Wildman–Crippen MR) is 118 cm³/mol. The van der Waals surface area contributed by atoms with Crippen LogP contribution in [0.5, 0.6) is 0 Å². The van der Waals surface area contributed by atoms with E-state index in [0.717, 1.165) is 16.9 Å². The third kappa shape index (κ3) is 2.45. The lowest BCUT2D eigenvalue weighted by molar-refractivity contribution is 0.991. The minimum Gasteiger partial charge on any atom is -0.296 e. The van der Waals surface area contributed by atoms with E-state index in [0.29, 0.717) is 0 Å². The second kappa shape index (κ2) is 6.35. The molecule has 0 spiro atoms. The molecule has 0 saturated carbocycles. The highest BCUT2D eigenvalue weighted by Gasteiger charge is 2.15. The molecule has 5 rings (SSSR count). The van der Waals surface area contributed by atoms with Crippen LogP contribution < -0.4 is 0 Å². The Labute approximate surface area is 165 Å². The van der Waals surface area contributed by atoms with Gasteiger partial charge in [-0.15, -0.1) is 0 Å². The monoisotopic (exact) mass is 362 g/mol. The van der Waals surface area contributed by atoms with Gasteiger partial charge in [0.25, 0.3) is 0 Å². The van der Waals surface area contributed by atoms with Crippen molar-refractivity contribution < 1.29 is 0 Å². The highest BCUT2D eigenvalue weighted by atomic mass is 15.1. The average Bonchev–Trinajstić information content (AvgIpc) is 3.04. The first-order chi connectivity index (χ1) is 13.6. The second-order valence-electron chi connectivity index (χ2n) is 7.41. The van der Waals surface area contributed by atoms with Crippen LogP contribution in [0, 0.1) is 20.8 Å². The lowest BCUT2D eigenvalue weighted by Gasteiger charge is -2.17. The van der Waals surface area contributed by atoms with Crippen molar-refractivity contribution in [1.29, 1.82) is 0 Å². The van der Waals surface area contributed by atoms with Crippen molar-refractivity contribution >= 4 is 21.8 Å². The number of imidazole rings is 1. The Morgan fingerprint density at radius 2 is 1.50 bits per heavy atom. The molecule has 0 bridgehead atoms. The van der Waals surface area contributed by atoms with E-state index < -0.39 is 0 Å². The summed E-state index contributed by atoms with van der Waals surface area (Å²) in [6, 6.07) is 28.0. The summed E-state index contributed by atoms with van der Waals surface area (Å²) in [6.45, 7) is 6.50. The zero-order valence-corrected chi connectivity index (χ0v) is 16.4. The van der Waals surface area contributed by atoms with E-state index in [9.17, 15) is 0 Å². The number of nitrogens with zero attached hydrogens (tertiary/aromatic N) is 2. The summed E-state index contributed by atoms with van der Waals surface area (Å²) >= 11 is 0. The maximum absolute atomic E-state index is 4.76. The van der Waals surface area contributed by atoms with Gasteiger partial charge in [-0.2, -0.15) is 0 Å². The van der Waals surface area contributed by atoms with E-state index in [1.807, 2.05) is 6.07 Å². The molecule has 0 unspecified atom stereocenters. The van der Waals surface area contributed by atoms with Gasteiger partial charge in [0.1, 0.15) is 5.82 Å². The van der Waals surface area contributed by atoms with E-state index in [2.05, 4.69) is 98.1 Å². The molecule has 136 valence electrons. The van der Waals surface area contributed by atoms with Crippen molar-refractivity contribution in [1.82, 2.24) is 9.55 Å². The Morgan fingerprint density at radius 3 is 2.39 bits per heavy atom. The van der Waals surface area contributed by atoms with Crippen LogP contribution in [0.4, 0.5) is 0 Å². The number of benzene rings is 4. The van der Waals surface area contributed by atoms with Crippen LogP contribution in [0.3, 0.4) is 0 Å². The fourth-order valence-electron chi connectivity index (χ4n) is 4.33. The minimum absolute atomic E-state index is 1.01. The number of aromatic nitrogens is 2. The summed E-state index contributed by atoms with van der Waals surface area (Å²) < 4.78 is 2.27. The zero-order valence-electron chi connectivity index (χ0n) is 16.4. The first-order valence-electron chi connectivity index (χ1n) is 9.68. The summed E-state index contributed by atoms with van der Waals surface area (Å²) in [4.78, 5) is 4.76. The van der Waals surface area contributed by atoms with Gasteiger partial charge < -0.3 is 0 Å². The molecule has 5 aromatic rings. The van der Waals surface area contributed by atoms with Gasteiger partial charge in [-0.25, -0.2) is 4.98 Å². The van der Waals surface area contributed by atoms with Gasteiger partial charge in [-0.1, -0.05) is 60.7 Å². The van der Waals surface area contributed by atoms with Crippen LogP contribution >= 0.6 is 0 Å². The molecule has 1 aromatic heterocycles. The standard InChI is InChI=1S/C26H22N2/c1-17-15-16-20-9-4-5-10-22(20)26(17)21-11-8-14-24(18(21)2)28-19(3)27-23-12-6-7-13-25(23)28/h4-16H,1-3H3. The van der Waals surface area contributed by atoms with Crippen molar-refractivity contribution in [3.63, 3.8) is 0 Å². The SMILES string of the molecule is Cc1ccc2ccccc2c1-c1cccc(-n2c(C)nc3ccccc32)c1C. The lowest BCUT2D eigenvalue weighted by atomic mass is 9.91. The second-order valence-corrected chi connectivity index (χ2v) is 7.41. The van der Waals surface area contributed by atoms with Gasteiger partial charge in [0, 0.05) is 0 Å². The zero-order chi connectivity index (χ0) is 19.3. The van der Waals surface area contributed by atoms with Gasteiger partial charge in [-0.3, -0.25) is 4.57 Å². The first kappa shape index (κ1) is 16.8. The molecular formula is C26H22N2. The maximum Gasteiger partial charge on any atom is 0.111 e. The van der Waals surface area contributed by atoms with Crippen molar-refractivity contribution in [2.75, 3.05) is 0 Å². The molecule has 0 aliphatic carbocycles. The number of aryl methyl sites for hydroxylation is 2. The molecule has 0 radical (unpaired) electrons. The summed E-state index contributed by atoms with van der Waals surface area (Å²) in [7, 11) is 0. The molecule has 0 aliphatic rings. The first-order valence-corrected chi connectivity index (χ1v) is 9.68. The van der Waals surface area contributed by atoms with Gasteiger partial charge >= 0.3 is 0 Å². The Balaban J connectivity index is 1.82. The quantitative estimate of drug-likeness (QED) is 0.339. The van der Waals surface area contributed by atoms with Gasteiger partial charge in [-0.05, 0) is 72.0 Å². The topological polar surface area (TPSA) is 17.8 Å². The van der Waals surface area contributed by atoms with E-state index in [1.165, 1.54) is 38.7 Å². The fraction of sp³-hybridized carbons (Fsp3) is 0.115. The number of rotatable bonds is 2. The minimum atomic E-state index is 1.01. The van der Waals surface area contributed by atoms with E-state index in [-0.39, 0.29) is 0 Å². The molecule has 2 heteroatoms. The molecule has 0 amide bonds. The number of hydrogen-bond acceptors (Lipinski definition) is 1. The average molecular weight is 362 g/mol. The van der Waals surface area contributed by atoms with Gasteiger partial charge in [0.05, 0.1) is 16.7 Å². The number of fused-ring (bicyclic) bond motifs is 2. The van der Waals surface area contributed by atoms with E-state index in [4.69, 9.17) is 4.98 Å². The Kier molecular flexibility index (Phi) is 3.80. The van der Waals surface area contributed by atoms with Gasteiger partial charge in [0.2, 0.25) is 0 Å². The summed E-state index contributed by atoms with van der Waals surface area (Å²) in [5, 5.41) is 2.58. The van der Waals surface area contributed by atoms with E-state index in [1.54, 1.807) is 0 Å². The van der Waals surface area contributed by atoms with Crippen molar-refractivity contribution in [3.05, 3.63) is 95.8 Å². The maximum atomic E-state index is 4.76. The normalized spacial score (nSPS) is 11.4. The molecule has 0 atom stereocenters. The molecule has 0 saturated heterocycles. The van der Waals surface area contributed by atoms with Crippen LogP contribution in [0.25, 0.3) is 38.6 Å². The van der Waals surface area contributed by atoms with Crippen molar-refractivity contribution in [2.24, 2.45) is 0 Å². The molecular weight excluding hydrogens is 340 g/mol. The molecule has 4 aromatic carbocycles. The molecule has 1 heterocycles. The van der Waals surface area contributed by atoms with Gasteiger partial charge in [0.15, 0.2) is 0 Å². The van der Waals surface area contributed by atoms with Crippen LogP contribution in [-0.4, -0.2) is 9.55 Å². The van der Waals surface area contributed by atoms with Crippen molar-refractivity contribution in [3.8, 4) is 16.8 Å². The molecule has 0 fully saturated rings. The summed E-state index contributed by atoms with van der Waals surface area (Å²) in [5.74, 6) is 1.01. The molecule has 0 N–H and O–H groups in total. The summed E-state index contributed by atoms with van der Waals surface area (Å²) in [6.07, 6.45) is 0. The summed E-state index contributed by atoms with van der Waals surface area (Å²) in [5.41, 5.74) is 8.54. The smallest absolute Gasteiger partial charge is 0.111 e. The highest BCUT2D eigenvalue weighted by molar-refractivity contribution is 5.99. The van der Waals surface area contributed by atoms with Crippen LogP contribution in [0.15, 0.2) is 78.9 Å². The third-order valence-corrected chi connectivity index (χ3v) is 5.68. The predicted octanol–water partition coefficient (Wildman–Crippen LogP) is 6.77. The van der Waals surface area contributed by atoms with Crippen molar-refractivity contribution in [2.45, 2.75) is 20.8 Å². The molecule has 2 nitrogen and oxygen atoms in total. The molecule has 0 aliphatic heterocycles.